The van der Waals surface area contributed by atoms with Crippen LogP contribution in [0.5, 0.6) is 0 Å². The van der Waals surface area contributed by atoms with Crippen LogP contribution in [0.2, 0.25) is 0 Å². The summed E-state index contributed by atoms with van der Waals surface area (Å²) in [6.45, 7) is 5.64. The number of amides is 1. The first-order chi connectivity index (χ1) is 15.6. The van der Waals surface area contributed by atoms with Crippen molar-refractivity contribution in [3.8, 4) is 0 Å². The maximum absolute atomic E-state index is 12.5. The second-order valence-electron chi connectivity index (χ2n) is 8.42. The van der Waals surface area contributed by atoms with E-state index in [0.29, 0.717) is 18.9 Å². The van der Waals surface area contributed by atoms with Crippen LogP contribution in [0.1, 0.15) is 55.1 Å². The summed E-state index contributed by atoms with van der Waals surface area (Å²) in [4.78, 5) is 17.3. The molecule has 0 aliphatic heterocycles. The average molecular weight is 426 g/mol. The Hall–Kier alpha value is -3.40. The first kappa shape index (κ1) is 21.8. The zero-order valence-corrected chi connectivity index (χ0v) is 18.9. The van der Waals surface area contributed by atoms with Crippen LogP contribution < -0.4 is 5.32 Å². The summed E-state index contributed by atoms with van der Waals surface area (Å²) in [5, 5.41) is 3.07. The molecule has 1 atom stereocenters. The zero-order chi connectivity index (χ0) is 22.3. The summed E-state index contributed by atoms with van der Waals surface area (Å²) < 4.78 is 2.21. The predicted octanol–water partition coefficient (Wildman–Crippen LogP) is 5.85. The molecular formula is C28H31N3O. The Bertz CT molecular complexity index is 1160. The molecule has 1 N–H and O–H groups in total. The van der Waals surface area contributed by atoms with E-state index in [2.05, 4.69) is 66.2 Å². The Labute approximate surface area is 190 Å². The molecule has 0 spiro atoms. The Morgan fingerprint density at radius 3 is 2.41 bits per heavy atom. The molecule has 4 rings (SSSR count). The van der Waals surface area contributed by atoms with Crippen molar-refractivity contribution in [2.45, 2.75) is 52.1 Å². The lowest BCUT2D eigenvalue weighted by Gasteiger charge is -2.13. The quantitative estimate of drug-likeness (QED) is 0.366. The average Bonchev–Trinajstić information content (AvgIpc) is 3.19. The Kier molecular flexibility index (Phi) is 7.00. The van der Waals surface area contributed by atoms with Crippen molar-refractivity contribution in [3.63, 3.8) is 0 Å². The van der Waals surface area contributed by atoms with Crippen LogP contribution in [0, 0.1) is 0 Å². The Morgan fingerprint density at radius 1 is 0.938 bits per heavy atom. The Balaban J connectivity index is 1.47. The van der Waals surface area contributed by atoms with E-state index in [1.165, 1.54) is 16.7 Å². The highest BCUT2D eigenvalue weighted by Crippen LogP contribution is 2.21. The van der Waals surface area contributed by atoms with Crippen LogP contribution in [0.15, 0.2) is 78.9 Å². The molecule has 1 heterocycles. The highest BCUT2D eigenvalue weighted by molar-refractivity contribution is 5.77. The van der Waals surface area contributed by atoms with Gasteiger partial charge in [-0.3, -0.25) is 4.79 Å². The number of para-hydroxylation sites is 2. The number of nitrogens with one attached hydrogen (secondary N) is 1. The predicted molar refractivity (Wildman–Crippen MR) is 131 cm³/mol. The molecule has 1 amide bonds. The smallest absolute Gasteiger partial charge is 0.220 e. The minimum Gasteiger partial charge on any atom is -0.349 e. The largest absolute Gasteiger partial charge is 0.349 e. The fourth-order valence-electron chi connectivity index (χ4n) is 3.98. The lowest BCUT2D eigenvalue weighted by atomic mass is 9.98. The number of carbonyl (C=O) groups excluding carboxylic acids is 1. The first-order valence-electron chi connectivity index (χ1n) is 11.5. The van der Waals surface area contributed by atoms with Gasteiger partial charge in [-0.15, -0.1) is 0 Å². The van der Waals surface area contributed by atoms with Crippen molar-refractivity contribution < 1.29 is 4.79 Å². The molecule has 164 valence electrons. The zero-order valence-electron chi connectivity index (χ0n) is 18.9. The normalized spacial score (nSPS) is 12.1. The maximum Gasteiger partial charge on any atom is 0.220 e. The molecule has 0 radical (unpaired) electrons. The topological polar surface area (TPSA) is 46.9 Å². The van der Waals surface area contributed by atoms with Crippen LogP contribution in [0.3, 0.4) is 0 Å². The van der Waals surface area contributed by atoms with E-state index < -0.39 is 0 Å². The number of imidazole rings is 1. The molecule has 4 nitrogen and oxygen atoms in total. The molecule has 0 saturated carbocycles. The van der Waals surface area contributed by atoms with E-state index in [0.717, 1.165) is 36.2 Å². The number of rotatable bonds is 9. The molecule has 32 heavy (non-hydrogen) atoms. The number of nitrogens with zero attached hydrogens (tertiary/aromatic N) is 2. The molecule has 1 unspecified atom stereocenters. The molecule has 0 aliphatic carbocycles. The molecule has 4 heteroatoms. The maximum atomic E-state index is 12.5. The van der Waals surface area contributed by atoms with Gasteiger partial charge in [-0.05, 0) is 47.6 Å². The number of aromatic nitrogens is 2. The summed E-state index contributed by atoms with van der Waals surface area (Å²) in [5.74, 6) is 1.50. The van der Waals surface area contributed by atoms with Crippen molar-refractivity contribution >= 4 is 16.9 Å². The van der Waals surface area contributed by atoms with Crippen LogP contribution in [-0.2, 0) is 24.3 Å². The van der Waals surface area contributed by atoms with Crippen LogP contribution in [-0.4, -0.2) is 15.5 Å². The fraction of sp³-hybridized carbons (Fsp3) is 0.286. The molecule has 1 aromatic heterocycles. The highest BCUT2D eigenvalue weighted by Gasteiger charge is 2.13. The van der Waals surface area contributed by atoms with Gasteiger partial charge in [-0.1, -0.05) is 80.6 Å². The van der Waals surface area contributed by atoms with Crippen LogP contribution >= 0.6 is 0 Å². The summed E-state index contributed by atoms with van der Waals surface area (Å²) in [5.41, 5.74) is 5.83. The van der Waals surface area contributed by atoms with Crippen molar-refractivity contribution in [1.29, 1.82) is 0 Å². The van der Waals surface area contributed by atoms with E-state index in [9.17, 15) is 4.79 Å². The van der Waals surface area contributed by atoms with Gasteiger partial charge in [0, 0.05) is 13.0 Å². The number of aryl methyl sites for hydroxylation is 1. The van der Waals surface area contributed by atoms with Gasteiger partial charge >= 0.3 is 0 Å². The number of benzene rings is 3. The number of fused-ring (bicyclic) bond motifs is 1. The summed E-state index contributed by atoms with van der Waals surface area (Å²) in [6.07, 6.45) is 2.35. The minimum absolute atomic E-state index is 0.0466. The summed E-state index contributed by atoms with van der Waals surface area (Å²) >= 11 is 0. The minimum atomic E-state index is 0.0466. The van der Waals surface area contributed by atoms with Gasteiger partial charge < -0.3 is 9.88 Å². The second-order valence-corrected chi connectivity index (χ2v) is 8.42. The number of carbonyl (C=O) groups is 1. The highest BCUT2D eigenvalue weighted by atomic mass is 16.1. The lowest BCUT2D eigenvalue weighted by molar-refractivity contribution is -0.121. The van der Waals surface area contributed by atoms with Gasteiger partial charge in [0.05, 0.1) is 17.6 Å². The second kappa shape index (κ2) is 10.3. The van der Waals surface area contributed by atoms with E-state index in [1.54, 1.807) is 0 Å². The molecular weight excluding hydrogens is 394 g/mol. The Morgan fingerprint density at radius 2 is 1.66 bits per heavy atom. The van der Waals surface area contributed by atoms with Gasteiger partial charge in [-0.2, -0.15) is 0 Å². The molecule has 0 saturated heterocycles. The molecule has 0 fully saturated rings. The van der Waals surface area contributed by atoms with E-state index >= 15 is 0 Å². The van der Waals surface area contributed by atoms with Gasteiger partial charge in [0.2, 0.25) is 5.91 Å². The van der Waals surface area contributed by atoms with Gasteiger partial charge in [-0.25, -0.2) is 4.98 Å². The van der Waals surface area contributed by atoms with Crippen molar-refractivity contribution in [2.24, 2.45) is 0 Å². The molecule has 3 aromatic carbocycles. The molecule has 0 bridgehead atoms. The number of hydrogen-bond acceptors (Lipinski definition) is 2. The van der Waals surface area contributed by atoms with Crippen molar-refractivity contribution in [1.82, 2.24) is 14.9 Å². The van der Waals surface area contributed by atoms with E-state index in [4.69, 9.17) is 4.98 Å². The lowest BCUT2D eigenvalue weighted by Crippen LogP contribution is -2.25. The van der Waals surface area contributed by atoms with Gasteiger partial charge in [0.25, 0.3) is 0 Å². The molecule has 4 aromatic rings. The van der Waals surface area contributed by atoms with E-state index in [1.807, 2.05) is 36.4 Å². The van der Waals surface area contributed by atoms with E-state index in [-0.39, 0.29) is 5.91 Å². The number of hydrogen-bond donors (Lipinski definition) is 1. The monoisotopic (exact) mass is 425 g/mol. The van der Waals surface area contributed by atoms with Crippen molar-refractivity contribution in [3.05, 3.63) is 101 Å². The fourth-order valence-corrected chi connectivity index (χ4v) is 3.98. The van der Waals surface area contributed by atoms with Crippen LogP contribution in [0.4, 0.5) is 0 Å². The van der Waals surface area contributed by atoms with Gasteiger partial charge in [0.1, 0.15) is 5.82 Å². The summed E-state index contributed by atoms with van der Waals surface area (Å²) in [7, 11) is 0. The summed E-state index contributed by atoms with van der Waals surface area (Å²) in [6, 6.07) is 27.1. The third kappa shape index (κ3) is 5.25. The first-order valence-corrected chi connectivity index (χ1v) is 11.5. The molecule has 0 aliphatic rings. The SMILES string of the molecule is CCC(C)c1ccc(Cn2c(CNC(=O)CCc3ccccc3)nc3ccccc32)cc1. The van der Waals surface area contributed by atoms with Crippen LogP contribution in [0.25, 0.3) is 11.0 Å². The van der Waals surface area contributed by atoms with Gasteiger partial charge in [0.15, 0.2) is 0 Å². The third-order valence-electron chi connectivity index (χ3n) is 6.16. The van der Waals surface area contributed by atoms with Crippen molar-refractivity contribution in [2.75, 3.05) is 0 Å². The standard InChI is InChI=1S/C28H31N3O/c1-3-21(2)24-16-13-23(14-17-24)20-31-26-12-8-7-11-25(26)30-27(31)19-29-28(32)18-15-22-9-5-4-6-10-22/h4-14,16-17,21H,3,15,18-20H2,1-2H3,(H,29,32). The third-order valence-corrected chi connectivity index (χ3v) is 6.16.